The molecule has 0 aliphatic rings. The minimum atomic E-state index is -5.00. The lowest BCUT2D eigenvalue weighted by Gasteiger charge is -2.21. The van der Waals surface area contributed by atoms with Gasteiger partial charge in [-0.1, -0.05) is 245 Å². The first-order valence-corrected chi connectivity index (χ1v) is 41.4. The number of carbonyl (C=O) groups excluding carboxylic acids is 4. The van der Waals surface area contributed by atoms with Crippen molar-refractivity contribution in [3.63, 3.8) is 0 Å². The van der Waals surface area contributed by atoms with Crippen LogP contribution >= 0.6 is 15.6 Å². The first-order valence-electron chi connectivity index (χ1n) is 38.4. The van der Waals surface area contributed by atoms with E-state index in [0.717, 1.165) is 167 Å². The van der Waals surface area contributed by atoms with Gasteiger partial charge in [0, 0.05) is 25.7 Å². The van der Waals surface area contributed by atoms with Gasteiger partial charge < -0.3 is 33.8 Å². The highest BCUT2D eigenvalue weighted by Gasteiger charge is 2.30. The van der Waals surface area contributed by atoms with Crippen LogP contribution in [0.5, 0.6) is 0 Å². The molecule has 0 aromatic carbocycles. The van der Waals surface area contributed by atoms with Crippen molar-refractivity contribution in [1.82, 2.24) is 0 Å². The number of hydrogen-bond donors (Lipinski definition) is 3. The normalized spacial score (nSPS) is 14.7. The molecule has 0 rings (SSSR count). The van der Waals surface area contributed by atoms with E-state index in [1.165, 1.54) is 44.9 Å². The molecule has 5 atom stereocenters. The molecule has 100 heavy (non-hydrogen) atoms. The maximum Gasteiger partial charge on any atom is 0.472 e. The number of allylic oxidation sites excluding steroid dienone is 22. The number of phosphoric ester groups is 2. The van der Waals surface area contributed by atoms with Gasteiger partial charge in [-0.05, 0) is 161 Å². The van der Waals surface area contributed by atoms with Gasteiger partial charge in [-0.25, -0.2) is 9.13 Å². The Bertz CT molecular complexity index is 2420. The maximum atomic E-state index is 13.1. The van der Waals surface area contributed by atoms with Gasteiger partial charge in [0.15, 0.2) is 12.2 Å². The zero-order valence-corrected chi connectivity index (χ0v) is 64.1. The minimum absolute atomic E-state index is 0.0331. The van der Waals surface area contributed by atoms with Gasteiger partial charge in [-0.2, -0.15) is 0 Å². The predicted octanol–water partition coefficient (Wildman–Crippen LogP) is 22.1. The van der Waals surface area contributed by atoms with Crippen LogP contribution in [0.1, 0.15) is 297 Å². The molecule has 0 fully saturated rings. The zero-order valence-electron chi connectivity index (χ0n) is 62.3. The van der Waals surface area contributed by atoms with Crippen LogP contribution in [0, 0.1) is 0 Å². The van der Waals surface area contributed by atoms with E-state index in [0.29, 0.717) is 32.1 Å². The number of phosphoric acid groups is 2. The van der Waals surface area contributed by atoms with Crippen LogP contribution in [-0.2, 0) is 65.4 Å². The number of aliphatic hydroxyl groups is 1. The summed E-state index contributed by atoms with van der Waals surface area (Å²) in [6, 6.07) is 0. The van der Waals surface area contributed by atoms with Crippen molar-refractivity contribution >= 4 is 39.5 Å². The van der Waals surface area contributed by atoms with E-state index in [9.17, 15) is 43.2 Å². The summed E-state index contributed by atoms with van der Waals surface area (Å²) in [7, 11) is -9.98. The molecule has 0 saturated heterocycles. The standard InChI is InChI=1S/C81H136O17P2/c1-5-9-13-17-21-25-29-33-36-37-40-43-46-50-54-58-62-66-79(84)92-72-77(98-81(86)68-64-60-56-52-48-44-39-35-31-27-23-19-15-11-7-3)74-96-100(89,90)94-70-75(82)69-93-99(87,88)95-73-76(97-80(85)67-63-59-55-51-47-41-32-28-24-20-16-12-8-4)71-91-78(83)65-61-57-53-49-45-42-38-34-30-26-22-18-14-10-6-2/h9,11,13,15,21-23,25-28,32-36,38-40,43,48,52,75-77,82H,5-8,10,12,14,16-20,24,29-31,37,41-42,44-47,49-51,53-74H2,1-4H3,(H,87,88)(H,89,90)/b13-9-,15-11-,25-21-,26-22-,27-23-,32-28-,36-33-,38-34-,39-35-,43-40-,52-48-. The van der Waals surface area contributed by atoms with E-state index in [1.807, 2.05) is 0 Å². The Morgan fingerprint density at radius 3 is 0.850 bits per heavy atom. The number of aliphatic hydroxyl groups excluding tert-OH is 1. The molecule has 0 aliphatic heterocycles. The Kier molecular flexibility index (Phi) is 69.1. The van der Waals surface area contributed by atoms with Crippen molar-refractivity contribution in [3.8, 4) is 0 Å². The SMILES string of the molecule is CC/C=C\C/C=C\C/C=C\C/C=C\CCCCCCC(=O)OCC(COP(=O)(O)OCC(O)COP(=O)(O)OCC(COC(=O)CCCCCCC/C=C\C/C=C\CCCCC)OC(=O)CCCCCCC/C=C\CCCCCC)OC(=O)CCCC/C=C\C/C=C\C/C=C\C/C=C\CC. The minimum Gasteiger partial charge on any atom is -0.462 e. The first kappa shape index (κ1) is 95.2. The molecule has 19 heteroatoms. The molecule has 0 radical (unpaired) electrons. The Balaban J connectivity index is 5.43. The Morgan fingerprint density at radius 2 is 0.520 bits per heavy atom. The van der Waals surface area contributed by atoms with Gasteiger partial charge in [0.1, 0.15) is 19.3 Å². The quantitative estimate of drug-likeness (QED) is 0.0169. The van der Waals surface area contributed by atoms with Crippen molar-refractivity contribution in [2.75, 3.05) is 39.6 Å². The molecular formula is C81H136O17P2. The average Bonchev–Trinajstić information content (AvgIpc) is 1.06. The van der Waals surface area contributed by atoms with E-state index in [1.54, 1.807) is 0 Å². The second-order valence-corrected chi connectivity index (χ2v) is 28.1. The third-order valence-electron chi connectivity index (χ3n) is 15.6. The van der Waals surface area contributed by atoms with Crippen LogP contribution in [0.4, 0.5) is 0 Å². The second kappa shape index (κ2) is 72.5. The molecule has 0 heterocycles. The Hall–Kier alpha value is -4.80. The van der Waals surface area contributed by atoms with Gasteiger partial charge >= 0.3 is 39.5 Å². The molecular weight excluding hydrogens is 1310 g/mol. The molecule has 0 aromatic heterocycles. The van der Waals surface area contributed by atoms with Crippen LogP contribution in [0.3, 0.4) is 0 Å². The highest BCUT2D eigenvalue weighted by molar-refractivity contribution is 7.47. The summed E-state index contributed by atoms with van der Waals surface area (Å²) in [5, 5.41) is 10.6. The van der Waals surface area contributed by atoms with E-state index in [4.69, 9.17) is 37.0 Å². The Labute approximate surface area is 605 Å². The molecule has 0 amide bonds. The smallest absolute Gasteiger partial charge is 0.462 e. The van der Waals surface area contributed by atoms with Crippen molar-refractivity contribution in [2.24, 2.45) is 0 Å². The van der Waals surface area contributed by atoms with Crippen LogP contribution < -0.4 is 0 Å². The third-order valence-corrected chi connectivity index (χ3v) is 17.5. The van der Waals surface area contributed by atoms with E-state index in [-0.39, 0.29) is 25.7 Å². The topological polar surface area (TPSA) is 237 Å². The van der Waals surface area contributed by atoms with Crippen LogP contribution in [0.2, 0.25) is 0 Å². The van der Waals surface area contributed by atoms with E-state index < -0.39 is 97.5 Å². The molecule has 0 saturated carbocycles. The third kappa shape index (κ3) is 71.6. The molecule has 0 aromatic rings. The summed E-state index contributed by atoms with van der Waals surface area (Å²) in [6.07, 6.45) is 80.1. The summed E-state index contributed by atoms with van der Waals surface area (Å²) in [6.45, 7) is 4.50. The van der Waals surface area contributed by atoms with Gasteiger partial charge in [0.2, 0.25) is 0 Å². The number of rotatable bonds is 71. The zero-order chi connectivity index (χ0) is 73.2. The van der Waals surface area contributed by atoms with Gasteiger partial charge in [0.25, 0.3) is 0 Å². The van der Waals surface area contributed by atoms with Crippen LogP contribution in [-0.4, -0.2) is 96.7 Å². The summed E-state index contributed by atoms with van der Waals surface area (Å²) >= 11 is 0. The summed E-state index contributed by atoms with van der Waals surface area (Å²) in [4.78, 5) is 72.9. The van der Waals surface area contributed by atoms with E-state index >= 15 is 0 Å². The molecule has 0 spiro atoms. The fraction of sp³-hybridized carbons (Fsp3) is 0.679. The second-order valence-electron chi connectivity index (χ2n) is 25.2. The van der Waals surface area contributed by atoms with Crippen molar-refractivity contribution < 1.29 is 80.2 Å². The number of unbranched alkanes of at least 4 members (excludes halogenated alkanes) is 23. The number of hydrogen-bond acceptors (Lipinski definition) is 15. The number of esters is 4. The monoisotopic (exact) mass is 1440 g/mol. The molecule has 0 aliphatic carbocycles. The first-order chi connectivity index (χ1) is 48.7. The van der Waals surface area contributed by atoms with Crippen molar-refractivity contribution in [1.29, 1.82) is 0 Å². The lowest BCUT2D eigenvalue weighted by atomic mass is 10.1. The largest absolute Gasteiger partial charge is 0.472 e. The lowest BCUT2D eigenvalue weighted by molar-refractivity contribution is -0.161. The van der Waals surface area contributed by atoms with Crippen LogP contribution in [0.25, 0.3) is 0 Å². The summed E-state index contributed by atoms with van der Waals surface area (Å²) in [5.74, 6) is -2.28. The van der Waals surface area contributed by atoms with Crippen molar-refractivity contribution in [2.45, 2.75) is 316 Å². The molecule has 3 N–H and O–H groups in total. The fourth-order valence-electron chi connectivity index (χ4n) is 9.75. The van der Waals surface area contributed by atoms with Crippen molar-refractivity contribution in [3.05, 3.63) is 134 Å². The highest BCUT2D eigenvalue weighted by Crippen LogP contribution is 2.45. The molecule has 5 unspecified atom stereocenters. The van der Waals surface area contributed by atoms with Gasteiger partial charge in [-0.15, -0.1) is 0 Å². The summed E-state index contributed by atoms with van der Waals surface area (Å²) in [5.41, 5.74) is 0. The fourth-order valence-corrected chi connectivity index (χ4v) is 11.3. The summed E-state index contributed by atoms with van der Waals surface area (Å²) < 4.78 is 68.4. The van der Waals surface area contributed by atoms with E-state index in [2.05, 4.69) is 161 Å². The van der Waals surface area contributed by atoms with Crippen LogP contribution in [0.15, 0.2) is 134 Å². The average molecular weight is 1440 g/mol. The number of carbonyl (C=O) groups is 4. The number of ether oxygens (including phenoxy) is 4. The lowest BCUT2D eigenvalue weighted by Crippen LogP contribution is -2.30. The maximum absolute atomic E-state index is 13.1. The molecule has 0 bridgehead atoms. The highest BCUT2D eigenvalue weighted by atomic mass is 31.2. The Morgan fingerprint density at radius 1 is 0.290 bits per heavy atom. The van der Waals surface area contributed by atoms with Gasteiger partial charge in [-0.3, -0.25) is 37.3 Å². The van der Waals surface area contributed by atoms with Gasteiger partial charge in [0.05, 0.1) is 26.4 Å². The predicted molar refractivity (Wildman–Crippen MR) is 408 cm³/mol. The molecule has 17 nitrogen and oxygen atoms in total. The molecule has 572 valence electrons.